The minimum Gasteiger partial charge on any atom is -0.507 e. The molecule has 0 unspecified atom stereocenters. The summed E-state index contributed by atoms with van der Waals surface area (Å²) >= 11 is 0. The summed E-state index contributed by atoms with van der Waals surface area (Å²) in [6.45, 7) is 0. The molecule has 1 aromatic carbocycles. The molecule has 6 nitrogen and oxygen atoms in total. The van der Waals surface area contributed by atoms with E-state index in [1.807, 2.05) is 30.1 Å². The average molecular weight is 397 g/mol. The molecule has 0 radical (unpaired) electrons. The van der Waals surface area contributed by atoms with Crippen molar-refractivity contribution in [2.45, 2.75) is 43.3 Å². The number of phenolic OH excluding ortho intramolecular Hbond substituents is 1. The van der Waals surface area contributed by atoms with Crippen molar-refractivity contribution in [3.8, 4) is 17.0 Å². The summed E-state index contributed by atoms with van der Waals surface area (Å²) in [6, 6.07) is 9.78. The molecule has 4 heterocycles. The number of aromatic nitrogens is 3. The Morgan fingerprint density at radius 1 is 1.17 bits per heavy atom. The summed E-state index contributed by atoms with van der Waals surface area (Å²) in [5.74, 6) is -1.91. The molecule has 2 bridgehead atoms. The molecule has 2 N–H and O–H groups in total. The molecule has 0 aliphatic carbocycles. The number of piperidine rings is 1. The van der Waals surface area contributed by atoms with Crippen molar-refractivity contribution in [3.05, 3.63) is 42.6 Å². The second-order valence-electron chi connectivity index (χ2n) is 7.96. The predicted octanol–water partition coefficient (Wildman–Crippen LogP) is 3.36. The van der Waals surface area contributed by atoms with Crippen molar-refractivity contribution in [2.75, 3.05) is 11.9 Å². The standard InChI is InChI=1S/C21H21F2N5O/c1-28(14-8-13-11-21(22,23)19(9-14)25-13)20-5-4-16(26-27-20)15-10-17-12(7-18(15)29)3-2-6-24-17/h2-7,10,13-14,19,25,29H,8-9,11H2,1H3/t13-,14-,19-/m1/s1. The van der Waals surface area contributed by atoms with Gasteiger partial charge in [0.1, 0.15) is 5.75 Å². The monoisotopic (exact) mass is 397 g/mol. The fraction of sp³-hybridized carbons (Fsp3) is 0.381. The van der Waals surface area contributed by atoms with Crippen LogP contribution in [-0.2, 0) is 0 Å². The summed E-state index contributed by atoms with van der Waals surface area (Å²) in [6.07, 6.45) is 2.63. The Kier molecular flexibility index (Phi) is 4.13. The fourth-order valence-electron chi connectivity index (χ4n) is 4.50. The highest BCUT2D eigenvalue weighted by atomic mass is 19.3. The predicted molar refractivity (Wildman–Crippen MR) is 106 cm³/mol. The highest BCUT2D eigenvalue weighted by molar-refractivity contribution is 5.87. The Morgan fingerprint density at radius 2 is 2.03 bits per heavy atom. The van der Waals surface area contributed by atoms with Crippen LogP contribution in [0.15, 0.2) is 42.6 Å². The number of alkyl halides is 2. The molecule has 3 aromatic rings. The molecule has 0 spiro atoms. The molecule has 2 aromatic heterocycles. The zero-order valence-corrected chi connectivity index (χ0v) is 15.9. The van der Waals surface area contributed by atoms with Crippen LogP contribution in [0, 0.1) is 0 Å². The van der Waals surface area contributed by atoms with Gasteiger partial charge in [0.25, 0.3) is 5.92 Å². The molecule has 3 atom stereocenters. The Balaban J connectivity index is 1.39. The maximum Gasteiger partial charge on any atom is 0.264 e. The number of pyridine rings is 1. The number of fused-ring (bicyclic) bond motifs is 3. The minimum absolute atomic E-state index is 0.0157. The second-order valence-corrected chi connectivity index (χ2v) is 7.96. The van der Waals surface area contributed by atoms with E-state index in [4.69, 9.17) is 0 Å². The Morgan fingerprint density at radius 3 is 2.79 bits per heavy atom. The third kappa shape index (κ3) is 3.17. The third-order valence-electron chi connectivity index (χ3n) is 6.09. The zero-order valence-electron chi connectivity index (χ0n) is 15.9. The maximum absolute atomic E-state index is 14.0. The molecule has 2 aliphatic rings. The van der Waals surface area contributed by atoms with Gasteiger partial charge in [0.05, 0.1) is 17.3 Å². The zero-order chi connectivity index (χ0) is 20.2. The van der Waals surface area contributed by atoms with Gasteiger partial charge < -0.3 is 15.3 Å². The molecule has 0 saturated carbocycles. The van der Waals surface area contributed by atoms with Crippen LogP contribution in [0.3, 0.4) is 0 Å². The number of hydrogen-bond donors (Lipinski definition) is 2. The van der Waals surface area contributed by atoms with Crippen molar-refractivity contribution < 1.29 is 13.9 Å². The normalized spacial score (nSPS) is 25.3. The van der Waals surface area contributed by atoms with Crippen LogP contribution in [0.25, 0.3) is 22.2 Å². The highest BCUT2D eigenvalue weighted by Crippen LogP contribution is 2.40. The van der Waals surface area contributed by atoms with E-state index in [1.165, 1.54) is 0 Å². The molecule has 8 heteroatoms. The van der Waals surface area contributed by atoms with E-state index in [2.05, 4.69) is 20.5 Å². The molecule has 150 valence electrons. The number of rotatable bonds is 3. The minimum atomic E-state index is -2.64. The van der Waals surface area contributed by atoms with E-state index in [0.717, 1.165) is 10.9 Å². The lowest BCUT2D eigenvalue weighted by Gasteiger charge is -2.36. The van der Waals surface area contributed by atoms with Gasteiger partial charge in [-0.25, -0.2) is 8.78 Å². The van der Waals surface area contributed by atoms with E-state index in [-0.39, 0.29) is 24.3 Å². The molecule has 0 amide bonds. The van der Waals surface area contributed by atoms with E-state index < -0.39 is 12.0 Å². The molecule has 2 saturated heterocycles. The molecule has 29 heavy (non-hydrogen) atoms. The first-order valence-electron chi connectivity index (χ1n) is 9.69. The van der Waals surface area contributed by atoms with Crippen LogP contribution in [-0.4, -0.2) is 51.4 Å². The molecular formula is C21H21F2N5O. The number of nitrogens with one attached hydrogen (secondary N) is 1. The van der Waals surface area contributed by atoms with Gasteiger partial charge >= 0.3 is 0 Å². The summed E-state index contributed by atoms with van der Waals surface area (Å²) in [7, 11) is 1.87. The van der Waals surface area contributed by atoms with Crippen molar-refractivity contribution in [1.29, 1.82) is 0 Å². The highest BCUT2D eigenvalue weighted by Gasteiger charge is 2.53. The first-order valence-corrected chi connectivity index (χ1v) is 9.69. The first-order chi connectivity index (χ1) is 13.9. The smallest absolute Gasteiger partial charge is 0.264 e. The van der Waals surface area contributed by atoms with Crippen LogP contribution in [0.2, 0.25) is 0 Å². The van der Waals surface area contributed by atoms with Crippen LogP contribution >= 0.6 is 0 Å². The number of nitrogens with zero attached hydrogens (tertiary/aromatic N) is 4. The molecule has 2 fully saturated rings. The van der Waals surface area contributed by atoms with Crippen molar-refractivity contribution in [1.82, 2.24) is 20.5 Å². The second kappa shape index (κ2) is 6.59. The van der Waals surface area contributed by atoms with E-state index in [1.54, 1.807) is 24.4 Å². The van der Waals surface area contributed by atoms with Gasteiger partial charge in [0, 0.05) is 42.7 Å². The van der Waals surface area contributed by atoms with Gasteiger partial charge in [-0.15, -0.1) is 10.2 Å². The van der Waals surface area contributed by atoms with E-state index in [0.29, 0.717) is 29.9 Å². The lowest BCUT2D eigenvalue weighted by atomic mass is 9.98. The summed E-state index contributed by atoms with van der Waals surface area (Å²) < 4.78 is 28.0. The SMILES string of the molecule is CN(c1ccc(-c2cc3ncccc3cc2O)nn1)[C@@H]1C[C@@H]2CC(F)(F)[C@@H](C1)N2. The molecular weight excluding hydrogens is 376 g/mol. The van der Waals surface area contributed by atoms with Crippen LogP contribution in [0.4, 0.5) is 14.6 Å². The maximum atomic E-state index is 14.0. The first kappa shape index (κ1) is 18.2. The van der Waals surface area contributed by atoms with Crippen LogP contribution in [0.5, 0.6) is 5.75 Å². The van der Waals surface area contributed by atoms with Gasteiger partial charge in [-0.1, -0.05) is 6.07 Å². The van der Waals surface area contributed by atoms with Gasteiger partial charge in [0.2, 0.25) is 0 Å². The topological polar surface area (TPSA) is 74.2 Å². The Hall–Kier alpha value is -2.87. The van der Waals surface area contributed by atoms with E-state index in [9.17, 15) is 13.9 Å². The van der Waals surface area contributed by atoms with Gasteiger partial charge in [-0.2, -0.15) is 0 Å². The lowest BCUT2D eigenvalue weighted by molar-refractivity contribution is -0.0128. The number of anilines is 1. The lowest BCUT2D eigenvalue weighted by Crippen LogP contribution is -2.49. The number of halogens is 2. The number of hydrogen-bond acceptors (Lipinski definition) is 6. The Labute approximate surface area is 166 Å². The fourth-order valence-corrected chi connectivity index (χ4v) is 4.50. The third-order valence-corrected chi connectivity index (χ3v) is 6.09. The molecule has 5 rings (SSSR count). The molecule has 2 aliphatic heterocycles. The van der Waals surface area contributed by atoms with Gasteiger partial charge in [0.15, 0.2) is 5.82 Å². The number of aromatic hydroxyl groups is 1. The summed E-state index contributed by atoms with van der Waals surface area (Å²) in [5, 5.41) is 22.8. The number of benzene rings is 1. The number of phenols is 1. The van der Waals surface area contributed by atoms with E-state index >= 15 is 0 Å². The van der Waals surface area contributed by atoms with Crippen LogP contribution in [0.1, 0.15) is 19.3 Å². The summed E-state index contributed by atoms with van der Waals surface area (Å²) in [4.78, 5) is 6.24. The van der Waals surface area contributed by atoms with Gasteiger partial charge in [-0.05, 0) is 43.2 Å². The van der Waals surface area contributed by atoms with Crippen molar-refractivity contribution in [3.63, 3.8) is 0 Å². The quantitative estimate of drug-likeness (QED) is 0.706. The van der Waals surface area contributed by atoms with Gasteiger partial charge in [-0.3, -0.25) is 4.98 Å². The average Bonchev–Trinajstić information content (AvgIpc) is 2.93. The van der Waals surface area contributed by atoms with Crippen molar-refractivity contribution in [2.24, 2.45) is 0 Å². The largest absolute Gasteiger partial charge is 0.507 e. The Bertz CT molecular complexity index is 1060. The van der Waals surface area contributed by atoms with Crippen LogP contribution < -0.4 is 10.2 Å². The summed E-state index contributed by atoms with van der Waals surface area (Å²) in [5.41, 5.74) is 1.84. The van der Waals surface area contributed by atoms with Crippen molar-refractivity contribution >= 4 is 16.7 Å².